The lowest BCUT2D eigenvalue weighted by molar-refractivity contribution is 0.0927. The summed E-state index contributed by atoms with van der Waals surface area (Å²) in [5.41, 5.74) is 0.134. The number of pyridine rings is 1. The van der Waals surface area contributed by atoms with Crippen LogP contribution in [0.2, 0.25) is 0 Å². The van der Waals surface area contributed by atoms with Gasteiger partial charge in [-0.1, -0.05) is 26.3 Å². The van der Waals surface area contributed by atoms with E-state index < -0.39 is 5.95 Å². The Kier molecular flexibility index (Phi) is 4.89. The molecule has 0 fully saturated rings. The van der Waals surface area contributed by atoms with Gasteiger partial charge in [-0.15, -0.1) is 0 Å². The van der Waals surface area contributed by atoms with Gasteiger partial charge in [0.2, 0.25) is 5.95 Å². The molecule has 1 unspecified atom stereocenters. The summed E-state index contributed by atoms with van der Waals surface area (Å²) in [6.07, 6.45) is 2.81. The van der Waals surface area contributed by atoms with Crippen molar-refractivity contribution < 1.29 is 9.18 Å². The smallest absolute Gasteiger partial charge is 0.270 e. The van der Waals surface area contributed by atoms with Crippen LogP contribution in [0.15, 0.2) is 18.2 Å². The van der Waals surface area contributed by atoms with Crippen LogP contribution in [0.25, 0.3) is 0 Å². The van der Waals surface area contributed by atoms with Gasteiger partial charge in [-0.2, -0.15) is 4.39 Å². The maximum Gasteiger partial charge on any atom is 0.270 e. The average molecular weight is 224 g/mol. The van der Waals surface area contributed by atoms with E-state index in [0.717, 1.165) is 19.3 Å². The highest BCUT2D eigenvalue weighted by Crippen LogP contribution is 2.03. The summed E-state index contributed by atoms with van der Waals surface area (Å²) >= 11 is 0. The molecule has 1 aromatic rings. The van der Waals surface area contributed by atoms with E-state index in [1.54, 1.807) is 0 Å². The quantitative estimate of drug-likeness (QED) is 0.781. The molecule has 0 aliphatic carbocycles. The number of rotatable bonds is 5. The number of nitrogens with one attached hydrogen (secondary N) is 1. The summed E-state index contributed by atoms with van der Waals surface area (Å²) < 4.78 is 12.8. The van der Waals surface area contributed by atoms with E-state index in [9.17, 15) is 9.18 Å². The van der Waals surface area contributed by atoms with Crippen molar-refractivity contribution >= 4 is 5.91 Å². The Morgan fingerprint density at radius 3 is 2.81 bits per heavy atom. The fourth-order valence-corrected chi connectivity index (χ4v) is 1.52. The number of nitrogens with zero attached hydrogens (tertiary/aromatic N) is 1. The lowest BCUT2D eigenvalue weighted by atomic mass is 10.1. The number of carbonyl (C=O) groups excluding carboxylic acids is 1. The van der Waals surface area contributed by atoms with Crippen molar-refractivity contribution in [3.63, 3.8) is 0 Å². The van der Waals surface area contributed by atoms with Crippen LogP contribution < -0.4 is 5.32 Å². The van der Waals surface area contributed by atoms with E-state index in [1.807, 2.05) is 6.92 Å². The van der Waals surface area contributed by atoms with Crippen molar-refractivity contribution in [1.82, 2.24) is 10.3 Å². The summed E-state index contributed by atoms with van der Waals surface area (Å²) in [5.74, 6) is -0.934. The maximum atomic E-state index is 12.8. The number of aromatic nitrogens is 1. The van der Waals surface area contributed by atoms with Crippen LogP contribution in [0.4, 0.5) is 4.39 Å². The molecule has 16 heavy (non-hydrogen) atoms. The second-order valence-electron chi connectivity index (χ2n) is 3.71. The molecule has 1 aromatic heterocycles. The first-order chi connectivity index (χ1) is 7.67. The highest BCUT2D eigenvalue weighted by Gasteiger charge is 2.12. The van der Waals surface area contributed by atoms with Crippen LogP contribution in [0.1, 0.15) is 43.6 Å². The van der Waals surface area contributed by atoms with E-state index in [0.29, 0.717) is 0 Å². The number of hydrogen-bond acceptors (Lipinski definition) is 2. The van der Waals surface area contributed by atoms with Gasteiger partial charge < -0.3 is 5.32 Å². The summed E-state index contributed by atoms with van der Waals surface area (Å²) in [4.78, 5) is 15.2. The minimum Gasteiger partial charge on any atom is -0.348 e. The third-order valence-corrected chi connectivity index (χ3v) is 2.41. The zero-order valence-corrected chi connectivity index (χ0v) is 9.66. The Labute approximate surface area is 95.1 Å². The van der Waals surface area contributed by atoms with Crippen LogP contribution in [0, 0.1) is 5.95 Å². The van der Waals surface area contributed by atoms with Crippen molar-refractivity contribution in [2.24, 2.45) is 0 Å². The predicted octanol–water partition coefficient (Wildman–Crippen LogP) is 2.53. The molecule has 0 radical (unpaired) electrons. The van der Waals surface area contributed by atoms with Gasteiger partial charge in [0.25, 0.3) is 5.91 Å². The van der Waals surface area contributed by atoms with Crippen LogP contribution in [-0.2, 0) is 0 Å². The van der Waals surface area contributed by atoms with Gasteiger partial charge in [-0.05, 0) is 25.0 Å². The molecule has 1 amide bonds. The van der Waals surface area contributed by atoms with Gasteiger partial charge in [-0.25, -0.2) is 4.98 Å². The van der Waals surface area contributed by atoms with Crippen molar-refractivity contribution in [2.75, 3.05) is 0 Å². The van der Waals surface area contributed by atoms with Gasteiger partial charge in [0.1, 0.15) is 5.69 Å². The molecule has 0 spiro atoms. The SMILES string of the molecule is CCCC(CC)NC(=O)c1cccc(F)n1. The first kappa shape index (κ1) is 12.6. The molecule has 1 N–H and O–H groups in total. The topological polar surface area (TPSA) is 42.0 Å². The van der Waals surface area contributed by atoms with Gasteiger partial charge >= 0.3 is 0 Å². The Bertz CT molecular complexity index is 355. The minimum atomic E-state index is -0.629. The molecule has 0 aromatic carbocycles. The lowest BCUT2D eigenvalue weighted by Gasteiger charge is -2.15. The van der Waals surface area contributed by atoms with Gasteiger partial charge in [0.15, 0.2) is 0 Å². The van der Waals surface area contributed by atoms with E-state index in [4.69, 9.17) is 0 Å². The first-order valence-electron chi connectivity index (χ1n) is 5.60. The van der Waals surface area contributed by atoms with Crippen molar-refractivity contribution in [3.8, 4) is 0 Å². The number of amides is 1. The Morgan fingerprint density at radius 1 is 1.50 bits per heavy atom. The van der Waals surface area contributed by atoms with Crippen molar-refractivity contribution in [2.45, 2.75) is 39.2 Å². The highest BCUT2D eigenvalue weighted by atomic mass is 19.1. The first-order valence-corrected chi connectivity index (χ1v) is 5.60. The fraction of sp³-hybridized carbons (Fsp3) is 0.500. The summed E-state index contributed by atoms with van der Waals surface area (Å²) in [6.45, 7) is 4.08. The fourth-order valence-electron chi connectivity index (χ4n) is 1.52. The third-order valence-electron chi connectivity index (χ3n) is 2.41. The molecule has 0 saturated heterocycles. The van der Waals surface area contributed by atoms with Crippen LogP contribution in [0.5, 0.6) is 0 Å². The minimum absolute atomic E-state index is 0.134. The average Bonchev–Trinajstić information content (AvgIpc) is 2.28. The Hall–Kier alpha value is -1.45. The molecular weight excluding hydrogens is 207 g/mol. The molecule has 1 atom stereocenters. The largest absolute Gasteiger partial charge is 0.348 e. The van der Waals surface area contributed by atoms with E-state index >= 15 is 0 Å². The summed E-state index contributed by atoms with van der Waals surface area (Å²) in [7, 11) is 0. The van der Waals surface area contributed by atoms with Crippen molar-refractivity contribution in [1.29, 1.82) is 0 Å². The second kappa shape index (κ2) is 6.20. The predicted molar refractivity (Wildman–Crippen MR) is 60.6 cm³/mol. The zero-order valence-electron chi connectivity index (χ0n) is 9.66. The Balaban J connectivity index is 2.64. The molecule has 1 rings (SSSR count). The molecule has 1 heterocycles. The van der Waals surface area contributed by atoms with Gasteiger partial charge in [0.05, 0.1) is 0 Å². The molecule has 0 aliphatic rings. The molecular formula is C12H17FN2O. The number of carbonyl (C=O) groups is 1. The number of hydrogen-bond donors (Lipinski definition) is 1. The van der Waals surface area contributed by atoms with Gasteiger partial charge in [0, 0.05) is 6.04 Å². The van der Waals surface area contributed by atoms with E-state index in [1.165, 1.54) is 18.2 Å². The van der Waals surface area contributed by atoms with Crippen molar-refractivity contribution in [3.05, 3.63) is 29.8 Å². The normalized spacial score (nSPS) is 12.2. The molecule has 0 saturated carbocycles. The van der Waals surface area contributed by atoms with Gasteiger partial charge in [-0.3, -0.25) is 4.79 Å². The standard InChI is InChI=1S/C12H17FN2O/c1-3-6-9(4-2)14-12(16)10-7-5-8-11(13)15-10/h5,7-9H,3-4,6H2,1-2H3,(H,14,16). The highest BCUT2D eigenvalue weighted by molar-refractivity contribution is 5.92. The third kappa shape index (κ3) is 3.61. The van der Waals surface area contributed by atoms with Crippen LogP contribution in [0.3, 0.4) is 0 Å². The van der Waals surface area contributed by atoms with Crippen LogP contribution >= 0.6 is 0 Å². The zero-order chi connectivity index (χ0) is 12.0. The van der Waals surface area contributed by atoms with Crippen LogP contribution in [-0.4, -0.2) is 16.9 Å². The maximum absolute atomic E-state index is 12.8. The summed E-state index contributed by atoms with van der Waals surface area (Å²) in [6, 6.07) is 4.36. The second-order valence-corrected chi connectivity index (χ2v) is 3.71. The van der Waals surface area contributed by atoms with E-state index in [-0.39, 0.29) is 17.6 Å². The summed E-state index contributed by atoms with van der Waals surface area (Å²) in [5, 5.41) is 2.84. The molecule has 4 heteroatoms. The lowest BCUT2D eigenvalue weighted by Crippen LogP contribution is -2.34. The molecule has 88 valence electrons. The Morgan fingerprint density at radius 2 is 2.25 bits per heavy atom. The molecule has 0 aliphatic heterocycles. The molecule has 0 bridgehead atoms. The van der Waals surface area contributed by atoms with E-state index in [2.05, 4.69) is 17.2 Å². The number of halogens is 1. The molecule has 3 nitrogen and oxygen atoms in total. The monoisotopic (exact) mass is 224 g/mol.